The molecule has 6 nitrogen and oxygen atoms in total. The van der Waals surface area contributed by atoms with E-state index in [9.17, 15) is 4.79 Å². The van der Waals surface area contributed by atoms with Crippen LogP contribution in [0.4, 0.5) is 0 Å². The predicted octanol–water partition coefficient (Wildman–Crippen LogP) is 3.01. The van der Waals surface area contributed by atoms with Gasteiger partial charge < -0.3 is 19.5 Å². The number of rotatable bonds is 4. The van der Waals surface area contributed by atoms with Crippen LogP contribution in [0.3, 0.4) is 0 Å². The Morgan fingerprint density at radius 1 is 1.19 bits per heavy atom. The van der Waals surface area contributed by atoms with Crippen LogP contribution < -0.4 is 5.32 Å². The summed E-state index contributed by atoms with van der Waals surface area (Å²) in [5, 5.41) is 3.99. The second-order valence-corrected chi connectivity index (χ2v) is 6.64. The zero-order valence-electron chi connectivity index (χ0n) is 15.2. The van der Waals surface area contributed by atoms with Crippen LogP contribution in [0.15, 0.2) is 52.3 Å². The van der Waals surface area contributed by atoms with Crippen molar-refractivity contribution in [1.82, 2.24) is 15.1 Å². The highest BCUT2D eigenvalue weighted by atomic mass is 127. The van der Waals surface area contributed by atoms with Gasteiger partial charge in [0.15, 0.2) is 5.96 Å². The smallest absolute Gasteiger partial charge is 0.227 e. The third kappa shape index (κ3) is 6.14. The molecule has 3 rings (SSSR count). The Morgan fingerprint density at radius 3 is 2.56 bits per heavy atom. The van der Waals surface area contributed by atoms with Crippen molar-refractivity contribution < 1.29 is 9.21 Å². The zero-order valence-corrected chi connectivity index (χ0v) is 18.3. The van der Waals surface area contributed by atoms with E-state index in [0.29, 0.717) is 31.1 Å². The van der Waals surface area contributed by atoms with Crippen molar-refractivity contribution in [3.05, 3.63) is 59.0 Å². The summed E-state index contributed by atoms with van der Waals surface area (Å²) in [6, 6.07) is 9.39. The molecule has 1 saturated heterocycles. The van der Waals surface area contributed by atoms with Crippen molar-refractivity contribution in [2.24, 2.45) is 4.99 Å². The molecule has 27 heavy (non-hydrogen) atoms. The number of guanidine groups is 1. The number of nitrogens with one attached hydrogen (secondary N) is 1. The average Bonchev–Trinajstić information content (AvgIpc) is 3.16. The maximum absolute atomic E-state index is 12.5. The summed E-state index contributed by atoms with van der Waals surface area (Å²) in [5.74, 6) is 0.974. The minimum absolute atomic E-state index is 0. The van der Waals surface area contributed by atoms with Gasteiger partial charge in [-0.05, 0) is 23.8 Å². The average molecular weight is 503 g/mol. The number of hydrogen-bond acceptors (Lipinski definition) is 3. The highest BCUT2D eigenvalue weighted by Crippen LogP contribution is 2.13. The van der Waals surface area contributed by atoms with E-state index >= 15 is 0 Å². The van der Waals surface area contributed by atoms with E-state index < -0.39 is 0 Å². The lowest BCUT2D eigenvalue weighted by molar-refractivity contribution is -0.131. The van der Waals surface area contributed by atoms with Crippen LogP contribution in [0.2, 0.25) is 5.02 Å². The molecular formula is C19H24ClIN4O2. The number of carbonyl (C=O) groups excluding carboxylic acids is 1. The van der Waals surface area contributed by atoms with E-state index in [4.69, 9.17) is 16.0 Å². The van der Waals surface area contributed by atoms with Crippen LogP contribution in [0.5, 0.6) is 0 Å². The molecule has 146 valence electrons. The highest BCUT2D eigenvalue weighted by Gasteiger charge is 2.23. The Balaban J connectivity index is 0.00000261. The fraction of sp³-hybridized carbons (Fsp3) is 0.368. The normalized spacial score (nSPS) is 14.7. The van der Waals surface area contributed by atoms with E-state index in [1.807, 2.05) is 35.2 Å². The molecule has 0 saturated carbocycles. The molecule has 0 radical (unpaired) electrons. The number of aliphatic imine (C=N–C) groups is 1. The third-order valence-electron chi connectivity index (χ3n) is 4.42. The summed E-state index contributed by atoms with van der Waals surface area (Å²) >= 11 is 5.99. The van der Waals surface area contributed by atoms with Crippen LogP contribution in [-0.4, -0.2) is 54.9 Å². The van der Waals surface area contributed by atoms with Gasteiger partial charge in [-0.3, -0.25) is 9.79 Å². The molecular weight excluding hydrogens is 479 g/mol. The maximum atomic E-state index is 12.5. The lowest BCUT2D eigenvalue weighted by Crippen LogP contribution is -2.53. The van der Waals surface area contributed by atoms with Crippen molar-refractivity contribution in [2.75, 3.05) is 33.2 Å². The summed E-state index contributed by atoms with van der Waals surface area (Å²) in [6.45, 7) is 3.55. The fourth-order valence-corrected chi connectivity index (χ4v) is 3.22. The van der Waals surface area contributed by atoms with Gasteiger partial charge in [-0.25, -0.2) is 0 Å². The van der Waals surface area contributed by atoms with Crippen LogP contribution in [0, 0.1) is 0 Å². The lowest BCUT2D eigenvalue weighted by atomic mass is 10.1. The number of benzene rings is 1. The second kappa shape index (κ2) is 10.6. The van der Waals surface area contributed by atoms with Crippen LogP contribution >= 0.6 is 35.6 Å². The van der Waals surface area contributed by atoms with Gasteiger partial charge >= 0.3 is 0 Å². The van der Waals surface area contributed by atoms with Gasteiger partial charge in [0.1, 0.15) is 0 Å². The Labute approximate surface area is 181 Å². The topological polar surface area (TPSA) is 61.1 Å². The molecule has 2 aromatic rings. The summed E-state index contributed by atoms with van der Waals surface area (Å²) in [5.41, 5.74) is 2.02. The molecule has 1 N–H and O–H groups in total. The molecule has 0 aliphatic carbocycles. The van der Waals surface area contributed by atoms with E-state index in [1.54, 1.807) is 19.6 Å². The molecule has 1 aliphatic heterocycles. The number of nitrogens with zero attached hydrogens (tertiary/aromatic N) is 3. The number of hydrogen-bond donors (Lipinski definition) is 1. The van der Waals surface area contributed by atoms with Gasteiger partial charge in [0, 0.05) is 50.4 Å². The van der Waals surface area contributed by atoms with E-state index in [0.717, 1.165) is 30.2 Å². The van der Waals surface area contributed by atoms with Crippen LogP contribution in [0.25, 0.3) is 0 Å². The zero-order chi connectivity index (χ0) is 18.4. The highest BCUT2D eigenvalue weighted by molar-refractivity contribution is 14.0. The van der Waals surface area contributed by atoms with Gasteiger partial charge in [0.25, 0.3) is 0 Å². The Kier molecular flexibility index (Phi) is 8.43. The molecule has 2 heterocycles. The molecule has 1 aliphatic rings. The van der Waals surface area contributed by atoms with E-state index in [-0.39, 0.29) is 29.9 Å². The lowest BCUT2D eigenvalue weighted by Gasteiger charge is -2.36. The van der Waals surface area contributed by atoms with Gasteiger partial charge in [0.2, 0.25) is 5.91 Å². The standard InChI is InChI=1S/C19H23ClN4O2.HI/c1-21-19(22-13-16-5-10-26-14-16)24-8-6-23(7-9-24)18(25)12-15-3-2-4-17(20)11-15;/h2-5,10-11,14H,6-9,12-13H2,1H3,(H,21,22);1H. The van der Waals surface area contributed by atoms with Crippen molar-refractivity contribution in [1.29, 1.82) is 0 Å². The summed E-state index contributed by atoms with van der Waals surface area (Å²) in [6.07, 6.45) is 3.75. The summed E-state index contributed by atoms with van der Waals surface area (Å²) in [4.78, 5) is 20.9. The Bertz CT molecular complexity index is 759. The van der Waals surface area contributed by atoms with Crippen LogP contribution in [0.1, 0.15) is 11.1 Å². The first-order valence-corrected chi connectivity index (χ1v) is 9.02. The van der Waals surface area contributed by atoms with Crippen molar-refractivity contribution >= 4 is 47.4 Å². The maximum Gasteiger partial charge on any atom is 0.227 e. The Hall–Kier alpha value is -1.74. The molecule has 0 atom stereocenters. The number of amides is 1. The molecule has 1 aromatic heterocycles. The fourth-order valence-electron chi connectivity index (χ4n) is 3.01. The van der Waals surface area contributed by atoms with Gasteiger partial charge in [-0.2, -0.15) is 0 Å². The van der Waals surface area contributed by atoms with Crippen molar-refractivity contribution in [3.63, 3.8) is 0 Å². The predicted molar refractivity (Wildman–Crippen MR) is 118 cm³/mol. The Morgan fingerprint density at radius 2 is 1.93 bits per heavy atom. The minimum Gasteiger partial charge on any atom is -0.472 e. The van der Waals surface area contributed by atoms with Crippen molar-refractivity contribution in [3.8, 4) is 0 Å². The molecule has 0 unspecified atom stereocenters. The van der Waals surface area contributed by atoms with Gasteiger partial charge in [0.05, 0.1) is 18.9 Å². The minimum atomic E-state index is 0. The largest absolute Gasteiger partial charge is 0.472 e. The summed E-state index contributed by atoms with van der Waals surface area (Å²) in [7, 11) is 1.77. The second-order valence-electron chi connectivity index (χ2n) is 6.21. The first-order chi connectivity index (χ1) is 12.7. The SMILES string of the molecule is CN=C(NCc1ccoc1)N1CCN(C(=O)Cc2cccc(Cl)c2)CC1.I. The van der Waals surface area contributed by atoms with E-state index in [2.05, 4.69) is 15.2 Å². The molecule has 8 heteroatoms. The molecule has 1 fully saturated rings. The molecule has 0 spiro atoms. The summed E-state index contributed by atoms with van der Waals surface area (Å²) < 4.78 is 5.08. The quantitative estimate of drug-likeness (QED) is 0.397. The molecule has 0 bridgehead atoms. The number of piperazine rings is 1. The van der Waals surface area contributed by atoms with E-state index in [1.165, 1.54) is 0 Å². The number of halogens is 2. The monoisotopic (exact) mass is 502 g/mol. The third-order valence-corrected chi connectivity index (χ3v) is 4.65. The van der Waals surface area contributed by atoms with Gasteiger partial charge in [-0.15, -0.1) is 24.0 Å². The number of carbonyl (C=O) groups is 1. The molecule has 1 aromatic carbocycles. The first-order valence-electron chi connectivity index (χ1n) is 8.64. The number of furan rings is 1. The van der Waals surface area contributed by atoms with Crippen molar-refractivity contribution in [2.45, 2.75) is 13.0 Å². The molecule has 1 amide bonds. The van der Waals surface area contributed by atoms with Crippen LogP contribution in [-0.2, 0) is 17.8 Å². The first kappa shape index (κ1) is 21.6. The van der Waals surface area contributed by atoms with Gasteiger partial charge in [-0.1, -0.05) is 23.7 Å².